The normalized spacial score (nSPS) is 15.9. The molecule has 1 unspecified atom stereocenters. The Morgan fingerprint density at radius 3 is 2.42 bits per heavy atom. The highest BCUT2D eigenvalue weighted by Crippen LogP contribution is 2.24. The van der Waals surface area contributed by atoms with Crippen LogP contribution in [0.2, 0.25) is 5.02 Å². The molecule has 3 rings (SSSR count). The number of nitrogens with zero attached hydrogens (tertiary/aromatic N) is 3. The maximum atomic E-state index is 12.9. The Balaban J connectivity index is 1.63. The van der Waals surface area contributed by atoms with Gasteiger partial charge in [-0.3, -0.25) is 19.4 Å². The Labute approximate surface area is 202 Å². The first-order chi connectivity index (χ1) is 16.0. The predicted octanol–water partition coefficient (Wildman–Crippen LogP) is 3.36. The molecule has 2 N–H and O–H groups in total. The lowest BCUT2D eigenvalue weighted by atomic mass is 10.0. The second-order valence-corrected chi connectivity index (χ2v) is 9.05. The number of halogens is 1. The predicted molar refractivity (Wildman–Crippen MR) is 133 cm³/mol. The summed E-state index contributed by atoms with van der Waals surface area (Å²) in [5.74, 6) is -0.107. The number of carbonyl (C=O) groups excluding carboxylic acids is 2. The maximum Gasteiger partial charge on any atom is 0.231 e. The number of aryl methyl sites for hydroxylation is 1. The van der Waals surface area contributed by atoms with Gasteiger partial charge in [0.1, 0.15) is 0 Å². The van der Waals surface area contributed by atoms with Crippen LogP contribution < -0.4 is 5.73 Å². The van der Waals surface area contributed by atoms with Crippen LogP contribution in [0.25, 0.3) is 0 Å². The van der Waals surface area contributed by atoms with E-state index in [0.717, 1.165) is 51.1 Å². The Kier molecular flexibility index (Phi) is 9.73. The van der Waals surface area contributed by atoms with Crippen LogP contribution in [0.4, 0.5) is 0 Å². The zero-order valence-corrected chi connectivity index (χ0v) is 20.2. The summed E-state index contributed by atoms with van der Waals surface area (Å²) in [7, 11) is 0. The first kappa shape index (κ1) is 25.2. The van der Waals surface area contributed by atoms with Crippen LogP contribution in [-0.2, 0) is 16.0 Å². The minimum absolute atomic E-state index is 0.148. The molecule has 1 aliphatic heterocycles. The first-order valence-corrected chi connectivity index (χ1v) is 12.2. The van der Waals surface area contributed by atoms with Gasteiger partial charge in [0.2, 0.25) is 11.8 Å². The number of primary amides is 1. The molecule has 2 aromatic carbocycles. The third kappa shape index (κ3) is 7.84. The van der Waals surface area contributed by atoms with Gasteiger partial charge in [-0.25, -0.2) is 0 Å². The summed E-state index contributed by atoms with van der Waals surface area (Å²) in [5, 5.41) is 0.711. The topological polar surface area (TPSA) is 69.9 Å². The molecule has 1 saturated heterocycles. The highest BCUT2D eigenvalue weighted by molar-refractivity contribution is 6.30. The van der Waals surface area contributed by atoms with E-state index in [1.165, 1.54) is 5.56 Å². The monoisotopic (exact) mass is 470 g/mol. The average Bonchev–Trinajstić information content (AvgIpc) is 3.08. The van der Waals surface area contributed by atoms with Gasteiger partial charge in [-0.15, -0.1) is 0 Å². The van der Waals surface area contributed by atoms with Crippen molar-refractivity contribution in [2.24, 2.45) is 5.73 Å². The molecule has 0 aliphatic carbocycles. The van der Waals surface area contributed by atoms with Gasteiger partial charge >= 0.3 is 0 Å². The van der Waals surface area contributed by atoms with E-state index in [4.69, 9.17) is 17.3 Å². The maximum absolute atomic E-state index is 12.9. The van der Waals surface area contributed by atoms with Crippen LogP contribution in [0.15, 0.2) is 54.6 Å². The van der Waals surface area contributed by atoms with E-state index in [9.17, 15) is 9.59 Å². The molecule has 0 radical (unpaired) electrons. The molecule has 1 atom stereocenters. The van der Waals surface area contributed by atoms with E-state index in [2.05, 4.69) is 41.0 Å². The molecule has 0 saturated carbocycles. The fourth-order valence-electron chi connectivity index (χ4n) is 4.44. The minimum Gasteiger partial charge on any atom is -0.369 e. The zero-order valence-electron chi connectivity index (χ0n) is 19.5. The number of benzene rings is 2. The Morgan fingerprint density at radius 1 is 1.03 bits per heavy atom. The van der Waals surface area contributed by atoms with Crippen LogP contribution in [0.3, 0.4) is 0 Å². The van der Waals surface area contributed by atoms with Crippen molar-refractivity contribution in [2.75, 3.05) is 45.8 Å². The third-order valence-corrected chi connectivity index (χ3v) is 6.56. The number of rotatable bonds is 10. The SMILES string of the molecule is CCN(CC(N)=O)CC(c1ccccc1)N1CCCN(C(=O)CCc2ccc(Cl)cc2)CC1. The molecular weight excluding hydrogens is 436 g/mol. The lowest BCUT2D eigenvalue weighted by Gasteiger charge is -2.34. The second-order valence-electron chi connectivity index (χ2n) is 8.62. The molecule has 7 heteroatoms. The largest absolute Gasteiger partial charge is 0.369 e. The van der Waals surface area contributed by atoms with E-state index in [1.54, 1.807) is 0 Å². The highest BCUT2D eigenvalue weighted by atomic mass is 35.5. The molecule has 1 fully saturated rings. The van der Waals surface area contributed by atoms with Crippen molar-refractivity contribution in [2.45, 2.75) is 32.2 Å². The van der Waals surface area contributed by atoms with Crippen molar-refractivity contribution in [3.8, 4) is 0 Å². The molecule has 0 aromatic heterocycles. The number of likely N-dealkylation sites (N-methyl/N-ethyl adjacent to an activating group) is 1. The second kappa shape index (κ2) is 12.7. The molecule has 0 spiro atoms. The molecule has 1 heterocycles. The number of hydrogen-bond acceptors (Lipinski definition) is 4. The number of amides is 2. The molecule has 1 aliphatic rings. The smallest absolute Gasteiger partial charge is 0.231 e. The van der Waals surface area contributed by atoms with Crippen molar-refractivity contribution in [3.63, 3.8) is 0 Å². The molecule has 6 nitrogen and oxygen atoms in total. The molecule has 2 amide bonds. The number of nitrogens with two attached hydrogens (primary N) is 1. The first-order valence-electron chi connectivity index (χ1n) is 11.8. The van der Waals surface area contributed by atoms with Crippen molar-refractivity contribution in [1.82, 2.24) is 14.7 Å². The van der Waals surface area contributed by atoms with Crippen molar-refractivity contribution < 1.29 is 9.59 Å². The van der Waals surface area contributed by atoms with Crippen LogP contribution in [0, 0.1) is 0 Å². The molecule has 0 bridgehead atoms. The zero-order chi connectivity index (χ0) is 23.6. The molecular formula is C26H35ClN4O2. The summed E-state index contributed by atoms with van der Waals surface area (Å²) < 4.78 is 0. The lowest BCUT2D eigenvalue weighted by molar-refractivity contribution is -0.131. The van der Waals surface area contributed by atoms with Crippen LogP contribution >= 0.6 is 11.6 Å². The van der Waals surface area contributed by atoms with Gasteiger partial charge in [0.25, 0.3) is 0 Å². The standard InChI is InChI=1S/C26H35ClN4O2/c1-2-29(20-25(28)32)19-24(22-7-4-3-5-8-22)30-15-6-16-31(18-17-30)26(33)14-11-21-9-12-23(27)13-10-21/h3-5,7-10,12-13,24H,2,6,11,14-20H2,1H3,(H2,28,32). The Hall–Kier alpha value is -2.41. The quantitative estimate of drug-likeness (QED) is 0.578. The van der Waals surface area contributed by atoms with Gasteiger partial charge in [-0.05, 0) is 42.6 Å². The van der Waals surface area contributed by atoms with Crippen LogP contribution in [-0.4, -0.2) is 72.3 Å². The van der Waals surface area contributed by atoms with E-state index in [1.807, 2.05) is 35.2 Å². The summed E-state index contributed by atoms with van der Waals surface area (Å²) in [6.45, 7) is 7.00. The van der Waals surface area contributed by atoms with E-state index < -0.39 is 0 Å². The third-order valence-electron chi connectivity index (χ3n) is 6.31. The van der Waals surface area contributed by atoms with Gasteiger partial charge in [0.15, 0.2) is 0 Å². The molecule has 33 heavy (non-hydrogen) atoms. The summed E-state index contributed by atoms with van der Waals surface area (Å²) >= 11 is 5.96. The Morgan fingerprint density at radius 2 is 1.76 bits per heavy atom. The fraction of sp³-hybridized carbons (Fsp3) is 0.462. The van der Waals surface area contributed by atoms with Gasteiger partial charge in [0.05, 0.1) is 6.54 Å². The average molecular weight is 471 g/mol. The molecule has 2 aromatic rings. The fourth-order valence-corrected chi connectivity index (χ4v) is 4.56. The summed E-state index contributed by atoms with van der Waals surface area (Å²) in [6, 6.07) is 18.3. The minimum atomic E-state index is -0.308. The van der Waals surface area contributed by atoms with Gasteiger partial charge in [-0.1, -0.05) is 61.0 Å². The number of hydrogen-bond donors (Lipinski definition) is 1. The van der Waals surface area contributed by atoms with Crippen LogP contribution in [0.5, 0.6) is 0 Å². The van der Waals surface area contributed by atoms with Crippen molar-refractivity contribution in [3.05, 3.63) is 70.7 Å². The van der Waals surface area contributed by atoms with Crippen LogP contribution in [0.1, 0.15) is 36.9 Å². The highest BCUT2D eigenvalue weighted by Gasteiger charge is 2.27. The van der Waals surface area contributed by atoms with Gasteiger partial charge in [0, 0.05) is 50.2 Å². The Bertz CT molecular complexity index is 891. The van der Waals surface area contributed by atoms with Gasteiger partial charge in [-0.2, -0.15) is 0 Å². The van der Waals surface area contributed by atoms with E-state index in [0.29, 0.717) is 18.0 Å². The summed E-state index contributed by atoms with van der Waals surface area (Å²) in [5.41, 5.74) is 7.82. The van der Waals surface area contributed by atoms with Crippen molar-refractivity contribution >= 4 is 23.4 Å². The van der Waals surface area contributed by atoms with Gasteiger partial charge < -0.3 is 10.6 Å². The lowest BCUT2D eigenvalue weighted by Crippen LogP contribution is -2.43. The van der Waals surface area contributed by atoms with E-state index in [-0.39, 0.29) is 24.4 Å². The van der Waals surface area contributed by atoms with E-state index >= 15 is 0 Å². The molecule has 178 valence electrons. The van der Waals surface area contributed by atoms with Crippen molar-refractivity contribution in [1.29, 1.82) is 0 Å². The summed E-state index contributed by atoms with van der Waals surface area (Å²) in [6.07, 6.45) is 2.16. The number of carbonyl (C=O) groups is 2. The summed E-state index contributed by atoms with van der Waals surface area (Å²) in [4.78, 5) is 31.0.